The fraction of sp³-hybridized carbons (Fsp3) is 0.682. The Morgan fingerprint density at radius 2 is 1.96 bits per heavy atom. The number of aliphatic carboxylic acids is 1. The molecule has 0 aliphatic heterocycles. The van der Waals surface area contributed by atoms with Gasteiger partial charge >= 0.3 is 5.97 Å². The van der Waals surface area contributed by atoms with E-state index in [1.807, 2.05) is 13.0 Å². The molecule has 4 heteroatoms. The van der Waals surface area contributed by atoms with Crippen molar-refractivity contribution >= 4 is 17.3 Å². The second-order valence-electron chi connectivity index (χ2n) is 8.19. The fourth-order valence-corrected chi connectivity index (χ4v) is 4.09. The maximum absolute atomic E-state index is 11.1. The molecule has 1 fully saturated rings. The van der Waals surface area contributed by atoms with Crippen molar-refractivity contribution < 1.29 is 9.90 Å². The molecule has 0 saturated heterocycles. The molecule has 0 spiro atoms. The predicted octanol–water partition coefficient (Wildman–Crippen LogP) is 5.42. The molecule has 0 aromatic heterocycles. The van der Waals surface area contributed by atoms with Gasteiger partial charge in [0.05, 0.1) is 17.8 Å². The van der Waals surface area contributed by atoms with Gasteiger partial charge in [0.15, 0.2) is 0 Å². The van der Waals surface area contributed by atoms with Crippen LogP contribution < -0.4 is 10.6 Å². The van der Waals surface area contributed by atoms with Crippen LogP contribution >= 0.6 is 0 Å². The van der Waals surface area contributed by atoms with Crippen LogP contribution in [0.5, 0.6) is 0 Å². The number of rotatable bonds is 9. The summed E-state index contributed by atoms with van der Waals surface area (Å²) in [5, 5.41) is 9.14. The van der Waals surface area contributed by atoms with Crippen molar-refractivity contribution in [2.45, 2.75) is 84.1 Å². The minimum Gasteiger partial charge on any atom is -0.481 e. The number of nitrogens with zero attached hydrogens (tertiary/aromatic N) is 1. The lowest BCUT2D eigenvalue weighted by Gasteiger charge is -2.37. The molecule has 1 atom stereocenters. The van der Waals surface area contributed by atoms with Gasteiger partial charge in [0.1, 0.15) is 0 Å². The highest BCUT2D eigenvalue weighted by atomic mass is 16.4. The van der Waals surface area contributed by atoms with E-state index in [1.54, 1.807) is 0 Å². The Morgan fingerprint density at radius 1 is 1.27 bits per heavy atom. The van der Waals surface area contributed by atoms with Crippen molar-refractivity contribution in [3.63, 3.8) is 0 Å². The Kier molecular flexibility index (Phi) is 7.80. The Labute approximate surface area is 158 Å². The summed E-state index contributed by atoms with van der Waals surface area (Å²) in [4.78, 5) is 13.6. The van der Waals surface area contributed by atoms with Crippen LogP contribution in [0.25, 0.3) is 0 Å². The van der Waals surface area contributed by atoms with Gasteiger partial charge in [0.25, 0.3) is 0 Å². The van der Waals surface area contributed by atoms with Gasteiger partial charge in [-0.25, -0.2) is 0 Å². The van der Waals surface area contributed by atoms with E-state index in [0.29, 0.717) is 12.0 Å². The molecule has 0 amide bonds. The van der Waals surface area contributed by atoms with Crippen LogP contribution in [0.15, 0.2) is 18.2 Å². The second kappa shape index (κ2) is 9.84. The fourth-order valence-electron chi connectivity index (χ4n) is 4.09. The summed E-state index contributed by atoms with van der Waals surface area (Å²) in [5.41, 5.74) is 9.44. The zero-order valence-corrected chi connectivity index (χ0v) is 16.7. The number of nitrogens with two attached hydrogens (primary N) is 1. The summed E-state index contributed by atoms with van der Waals surface area (Å²) in [6.07, 6.45) is 8.57. The first-order valence-corrected chi connectivity index (χ1v) is 10.3. The maximum Gasteiger partial charge on any atom is 0.303 e. The monoisotopic (exact) mass is 360 g/mol. The van der Waals surface area contributed by atoms with Crippen LogP contribution in [0.3, 0.4) is 0 Å². The lowest BCUT2D eigenvalue weighted by molar-refractivity contribution is -0.137. The zero-order chi connectivity index (χ0) is 19.1. The van der Waals surface area contributed by atoms with E-state index in [1.165, 1.54) is 32.1 Å². The van der Waals surface area contributed by atoms with Crippen LogP contribution in [-0.2, 0) is 4.79 Å². The number of carboxylic acid groups (broad SMARTS) is 1. The summed E-state index contributed by atoms with van der Waals surface area (Å²) in [5.74, 6) is -0.0514. The third-order valence-corrected chi connectivity index (χ3v) is 5.71. The average molecular weight is 361 g/mol. The van der Waals surface area contributed by atoms with Gasteiger partial charge in [-0.05, 0) is 55.2 Å². The molecule has 1 aromatic carbocycles. The van der Waals surface area contributed by atoms with Gasteiger partial charge in [-0.3, -0.25) is 4.79 Å². The SMILES string of the molecule is CCC(CC(=O)O)c1ccc(N(CCC(C)C)C2CCCCC2)c(N)c1. The number of nitrogen functional groups attached to an aromatic ring is 1. The standard InChI is InChI=1S/C22H36N2O2/c1-4-17(15-22(25)26)18-10-11-21(20(23)14-18)24(13-12-16(2)3)19-8-6-5-7-9-19/h10-11,14,16-17,19H,4-9,12-13,15,23H2,1-3H3,(H,25,26). The van der Waals surface area contributed by atoms with Crippen LogP contribution in [0.4, 0.5) is 11.4 Å². The van der Waals surface area contributed by atoms with Crippen LogP contribution in [0.2, 0.25) is 0 Å². The molecule has 4 nitrogen and oxygen atoms in total. The number of carboxylic acids is 1. The Hall–Kier alpha value is -1.71. The maximum atomic E-state index is 11.1. The van der Waals surface area contributed by atoms with E-state index >= 15 is 0 Å². The molecular weight excluding hydrogens is 324 g/mol. The highest BCUT2D eigenvalue weighted by Crippen LogP contribution is 2.34. The largest absolute Gasteiger partial charge is 0.481 e. The first-order chi connectivity index (χ1) is 12.4. The minimum absolute atomic E-state index is 0.0302. The van der Waals surface area contributed by atoms with Gasteiger partial charge < -0.3 is 15.7 Å². The van der Waals surface area contributed by atoms with E-state index in [9.17, 15) is 4.79 Å². The topological polar surface area (TPSA) is 66.6 Å². The van der Waals surface area contributed by atoms with E-state index < -0.39 is 5.97 Å². The van der Waals surface area contributed by atoms with Crippen LogP contribution in [-0.4, -0.2) is 23.7 Å². The van der Waals surface area contributed by atoms with E-state index in [4.69, 9.17) is 10.8 Å². The second-order valence-corrected chi connectivity index (χ2v) is 8.19. The molecule has 1 saturated carbocycles. The van der Waals surface area contributed by atoms with Crippen molar-refractivity contribution in [3.8, 4) is 0 Å². The smallest absolute Gasteiger partial charge is 0.303 e. The number of carbonyl (C=O) groups is 1. The summed E-state index contributed by atoms with van der Waals surface area (Å²) in [6, 6.07) is 6.81. The highest BCUT2D eigenvalue weighted by Gasteiger charge is 2.24. The van der Waals surface area contributed by atoms with Gasteiger partial charge in [-0.1, -0.05) is 46.1 Å². The van der Waals surface area contributed by atoms with Crippen molar-refractivity contribution in [2.24, 2.45) is 5.92 Å². The normalized spacial score (nSPS) is 16.6. The molecule has 1 unspecified atom stereocenters. The van der Waals surface area contributed by atoms with Crippen molar-refractivity contribution in [1.29, 1.82) is 0 Å². The van der Waals surface area contributed by atoms with Crippen LogP contribution in [0, 0.1) is 5.92 Å². The Morgan fingerprint density at radius 3 is 2.50 bits per heavy atom. The summed E-state index contributed by atoms with van der Waals surface area (Å²) in [7, 11) is 0. The number of benzene rings is 1. The lowest BCUT2D eigenvalue weighted by atomic mass is 9.91. The number of anilines is 2. The van der Waals surface area contributed by atoms with Gasteiger partial charge in [0.2, 0.25) is 0 Å². The minimum atomic E-state index is -0.750. The van der Waals surface area contributed by atoms with Gasteiger partial charge in [-0.2, -0.15) is 0 Å². The predicted molar refractivity (Wildman–Crippen MR) is 110 cm³/mol. The van der Waals surface area contributed by atoms with E-state index in [-0.39, 0.29) is 12.3 Å². The average Bonchev–Trinajstić information content (AvgIpc) is 2.61. The molecule has 2 rings (SSSR count). The summed E-state index contributed by atoms with van der Waals surface area (Å²) in [6.45, 7) is 7.61. The van der Waals surface area contributed by atoms with E-state index in [0.717, 1.165) is 36.3 Å². The molecule has 0 bridgehead atoms. The molecule has 26 heavy (non-hydrogen) atoms. The van der Waals surface area contributed by atoms with Crippen molar-refractivity contribution in [3.05, 3.63) is 23.8 Å². The molecule has 3 N–H and O–H groups in total. The van der Waals surface area contributed by atoms with Crippen LogP contribution in [0.1, 0.15) is 83.6 Å². The van der Waals surface area contributed by atoms with E-state index in [2.05, 4.69) is 30.9 Å². The number of hydrogen-bond donors (Lipinski definition) is 2. The molecule has 0 heterocycles. The quantitative estimate of drug-likeness (QED) is 0.577. The van der Waals surface area contributed by atoms with Crippen molar-refractivity contribution in [2.75, 3.05) is 17.2 Å². The Bertz CT molecular complexity index is 580. The molecule has 146 valence electrons. The van der Waals surface area contributed by atoms with Crippen molar-refractivity contribution in [1.82, 2.24) is 0 Å². The number of hydrogen-bond acceptors (Lipinski definition) is 3. The third kappa shape index (κ3) is 5.65. The Balaban J connectivity index is 2.24. The molecular formula is C22H36N2O2. The van der Waals surface area contributed by atoms with Gasteiger partial charge in [0, 0.05) is 12.6 Å². The lowest BCUT2D eigenvalue weighted by Crippen LogP contribution is -2.38. The molecule has 0 radical (unpaired) electrons. The molecule has 1 aromatic rings. The summed E-state index contributed by atoms with van der Waals surface area (Å²) >= 11 is 0. The van der Waals surface area contributed by atoms with Gasteiger partial charge in [-0.15, -0.1) is 0 Å². The highest BCUT2D eigenvalue weighted by molar-refractivity contribution is 5.71. The summed E-state index contributed by atoms with van der Waals surface area (Å²) < 4.78 is 0. The molecule has 1 aliphatic carbocycles. The first-order valence-electron chi connectivity index (χ1n) is 10.3. The molecule has 1 aliphatic rings. The third-order valence-electron chi connectivity index (χ3n) is 5.71. The first kappa shape index (κ1) is 20.6. The zero-order valence-electron chi connectivity index (χ0n) is 16.7.